The van der Waals surface area contributed by atoms with Crippen molar-refractivity contribution in [2.45, 2.75) is 26.8 Å². The summed E-state index contributed by atoms with van der Waals surface area (Å²) in [7, 11) is 1.72. The highest BCUT2D eigenvalue weighted by Gasteiger charge is 2.09. The van der Waals surface area contributed by atoms with Crippen LogP contribution < -0.4 is 5.56 Å². The number of rotatable bonds is 4. The molecule has 2 aromatic rings. The molecule has 0 aliphatic carbocycles. The average molecular weight is 325 g/mol. The predicted octanol–water partition coefficient (Wildman–Crippen LogP) is 2.22. The van der Waals surface area contributed by atoms with Crippen molar-refractivity contribution in [3.05, 3.63) is 34.3 Å². The molecule has 0 spiro atoms. The monoisotopic (exact) mass is 324 g/mol. The summed E-state index contributed by atoms with van der Waals surface area (Å²) in [6.07, 6.45) is 4.66. The number of pyridine rings is 1. The second-order valence-electron chi connectivity index (χ2n) is 5.23. The van der Waals surface area contributed by atoms with E-state index in [9.17, 15) is 9.59 Å². The Bertz CT molecular complexity index is 746. The number of fused-ring (bicyclic) bond motifs is 1. The van der Waals surface area contributed by atoms with Gasteiger partial charge in [-0.25, -0.2) is 4.68 Å². The molecule has 7 heteroatoms. The van der Waals surface area contributed by atoms with Gasteiger partial charge in [-0.15, -0.1) is 12.4 Å². The van der Waals surface area contributed by atoms with E-state index in [0.717, 1.165) is 5.39 Å². The van der Waals surface area contributed by atoms with E-state index in [4.69, 9.17) is 0 Å². The number of aromatic nitrogens is 3. The molecule has 0 aliphatic rings. The van der Waals surface area contributed by atoms with Crippen molar-refractivity contribution in [3.63, 3.8) is 0 Å². The first-order valence-corrected chi connectivity index (χ1v) is 6.97. The van der Waals surface area contributed by atoms with Crippen LogP contribution in [-0.2, 0) is 4.79 Å². The third kappa shape index (κ3) is 3.57. The Kier molecular flexibility index (Phi) is 5.93. The predicted molar refractivity (Wildman–Crippen MR) is 90.3 cm³/mol. The number of H-pyrrole nitrogens is 1. The topological polar surface area (TPSA) is 71.0 Å². The molecular formula is C15H21ClN4O2. The van der Waals surface area contributed by atoms with E-state index in [2.05, 4.69) is 10.1 Å². The summed E-state index contributed by atoms with van der Waals surface area (Å²) in [5.74, 6) is -0.130. The van der Waals surface area contributed by atoms with Crippen LogP contribution in [0.25, 0.3) is 17.1 Å². The number of carbonyl (C=O) groups is 1. The lowest BCUT2D eigenvalue weighted by Crippen LogP contribution is -2.24. The largest absolute Gasteiger partial charge is 0.343 e. The van der Waals surface area contributed by atoms with Crippen molar-refractivity contribution in [3.8, 4) is 0 Å². The number of likely N-dealkylation sites (N-methyl/N-ethyl adjacent to an activating group) is 1. The highest BCUT2D eigenvalue weighted by molar-refractivity contribution is 5.92. The van der Waals surface area contributed by atoms with Crippen molar-refractivity contribution < 1.29 is 4.79 Å². The number of amides is 1. The molecule has 0 radical (unpaired) electrons. The maximum atomic E-state index is 12.1. The van der Waals surface area contributed by atoms with E-state index in [-0.39, 0.29) is 29.9 Å². The molecule has 0 fully saturated rings. The summed E-state index contributed by atoms with van der Waals surface area (Å²) in [6.45, 7) is 6.51. The molecule has 0 saturated carbocycles. The fraction of sp³-hybridized carbons (Fsp3) is 0.400. The lowest BCUT2D eigenvalue weighted by atomic mass is 10.2. The first kappa shape index (κ1) is 18.0. The number of hydrogen-bond acceptors (Lipinski definition) is 3. The van der Waals surface area contributed by atoms with Crippen LogP contribution in [0.1, 0.15) is 32.4 Å². The zero-order valence-electron chi connectivity index (χ0n) is 13.2. The van der Waals surface area contributed by atoms with Gasteiger partial charge in [-0.2, -0.15) is 5.10 Å². The van der Waals surface area contributed by atoms with Crippen molar-refractivity contribution in [2.75, 3.05) is 13.6 Å². The van der Waals surface area contributed by atoms with Gasteiger partial charge in [0.25, 0.3) is 5.56 Å². The van der Waals surface area contributed by atoms with Crippen LogP contribution in [0.3, 0.4) is 0 Å². The van der Waals surface area contributed by atoms with E-state index in [1.807, 2.05) is 20.8 Å². The summed E-state index contributed by atoms with van der Waals surface area (Å²) in [6, 6.07) is 1.91. The standard InChI is InChI=1S/C15H20N4O2.ClH/c1-5-18(4)13(20)7-6-11-8-12-9-16-19(10(2)3)14(12)17-15(11)21;/h6-10H,5H2,1-4H3,(H,17,21);1H/b7-6+;. The van der Waals surface area contributed by atoms with Crippen LogP contribution in [-0.4, -0.2) is 39.2 Å². The van der Waals surface area contributed by atoms with Gasteiger partial charge < -0.3 is 9.88 Å². The van der Waals surface area contributed by atoms with Crippen LogP contribution in [0.15, 0.2) is 23.1 Å². The average Bonchev–Trinajstić information content (AvgIpc) is 2.86. The smallest absolute Gasteiger partial charge is 0.256 e. The molecule has 0 bridgehead atoms. The Morgan fingerprint density at radius 1 is 1.50 bits per heavy atom. The van der Waals surface area contributed by atoms with Gasteiger partial charge in [0.15, 0.2) is 0 Å². The molecule has 2 heterocycles. The minimum absolute atomic E-state index is 0. The Morgan fingerprint density at radius 3 is 2.77 bits per heavy atom. The quantitative estimate of drug-likeness (QED) is 0.877. The fourth-order valence-electron chi connectivity index (χ4n) is 1.98. The SMILES string of the molecule is CCN(C)C(=O)/C=C/c1cc2cnn(C(C)C)c2[nH]c1=O.Cl. The molecule has 0 atom stereocenters. The van der Waals surface area contributed by atoms with Gasteiger partial charge in [0, 0.05) is 36.7 Å². The van der Waals surface area contributed by atoms with Crippen molar-refractivity contribution in [1.29, 1.82) is 0 Å². The zero-order chi connectivity index (χ0) is 15.6. The molecule has 0 unspecified atom stereocenters. The van der Waals surface area contributed by atoms with Crippen molar-refractivity contribution >= 4 is 35.4 Å². The Balaban J connectivity index is 0.00000242. The van der Waals surface area contributed by atoms with Crippen molar-refractivity contribution in [2.24, 2.45) is 0 Å². The third-order valence-electron chi connectivity index (χ3n) is 3.37. The molecule has 0 aliphatic heterocycles. The summed E-state index contributed by atoms with van der Waals surface area (Å²) < 4.78 is 1.76. The van der Waals surface area contributed by atoms with Crippen LogP contribution in [0.5, 0.6) is 0 Å². The lowest BCUT2D eigenvalue weighted by molar-refractivity contribution is -0.124. The summed E-state index contributed by atoms with van der Waals surface area (Å²) in [4.78, 5) is 28.2. The lowest BCUT2D eigenvalue weighted by Gasteiger charge is -2.10. The van der Waals surface area contributed by atoms with Crippen LogP contribution in [0.4, 0.5) is 0 Å². The van der Waals surface area contributed by atoms with Gasteiger partial charge in [0.2, 0.25) is 5.91 Å². The Hall–Kier alpha value is -2.08. The molecule has 0 aromatic carbocycles. The Morgan fingerprint density at radius 2 is 2.18 bits per heavy atom. The molecule has 0 saturated heterocycles. The molecule has 120 valence electrons. The number of aromatic amines is 1. The summed E-state index contributed by atoms with van der Waals surface area (Å²) in [5.41, 5.74) is 0.918. The molecular weight excluding hydrogens is 304 g/mol. The van der Waals surface area contributed by atoms with Crippen LogP contribution >= 0.6 is 12.4 Å². The van der Waals surface area contributed by atoms with Crippen molar-refractivity contribution in [1.82, 2.24) is 19.7 Å². The second kappa shape index (κ2) is 7.26. The number of nitrogens with zero attached hydrogens (tertiary/aromatic N) is 3. The Labute approximate surface area is 135 Å². The number of hydrogen-bond donors (Lipinski definition) is 1. The molecule has 22 heavy (non-hydrogen) atoms. The molecule has 1 amide bonds. The maximum absolute atomic E-state index is 12.1. The molecule has 2 aromatic heterocycles. The molecule has 6 nitrogen and oxygen atoms in total. The van der Waals surface area contributed by atoms with Gasteiger partial charge in [0.05, 0.1) is 6.20 Å². The van der Waals surface area contributed by atoms with Gasteiger partial charge >= 0.3 is 0 Å². The minimum Gasteiger partial charge on any atom is -0.343 e. The molecule has 1 N–H and O–H groups in total. The summed E-state index contributed by atoms with van der Waals surface area (Å²) >= 11 is 0. The van der Waals surface area contributed by atoms with Gasteiger partial charge in [-0.1, -0.05) is 0 Å². The molecule has 2 rings (SSSR count). The minimum atomic E-state index is -0.229. The van der Waals surface area contributed by atoms with E-state index in [0.29, 0.717) is 17.8 Å². The van der Waals surface area contributed by atoms with E-state index >= 15 is 0 Å². The zero-order valence-corrected chi connectivity index (χ0v) is 14.0. The van der Waals surface area contributed by atoms with Crippen LogP contribution in [0, 0.1) is 0 Å². The number of nitrogens with one attached hydrogen (secondary N) is 1. The van der Waals surface area contributed by atoms with Gasteiger partial charge in [-0.3, -0.25) is 9.59 Å². The fourth-order valence-corrected chi connectivity index (χ4v) is 1.98. The maximum Gasteiger partial charge on any atom is 0.256 e. The number of carbonyl (C=O) groups excluding carboxylic acids is 1. The first-order chi connectivity index (χ1) is 9.93. The van der Waals surface area contributed by atoms with E-state index < -0.39 is 0 Å². The third-order valence-corrected chi connectivity index (χ3v) is 3.37. The normalized spacial score (nSPS) is 11.1. The van der Waals surface area contributed by atoms with E-state index in [1.54, 1.807) is 35.0 Å². The van der Waals surface area contributed by atoms with Crippen LogP contribution in [0.2, 0.25) is 0 Å². The summed E-state index contributed by atoms with van der Waals surface area (Å²) in [5, 5.41) is 5.11. The number of halogens is 1. The highest BCUT2D eigenvalue weighted by Crippen LogP contribution is 2.15. The first-order valence-electron chi connectivity index (χ1n) is 6.97. The van der Waals surface area contributed by atoms with Gasteiger partial charge in [-0.05, 0) is 32.9 Å². The highest BCUT2D eigenvalue weighted by atomic mass is 35.5. The van der Waals surface area contributed by atoms with E-state index in [1.165, 1.54) is 6.08 Å². The second-order valence-corrected chi connectivity index (χ2v) is 5.23. The van der Waals surface area contributed by atoms with Gasteiger partial charge in [0.1, 0.15) is 5.65 Å².